The van der Waals surface area contributed by atoms with Crippen molar-refractivity contribution in [1.29, 1.82) is 0 Å². The number of hydrogen-bond donors (Lipinski definition) is 0. The molecule has 0 spiro atoms. The van der Waals surface area contributed by atoms with Gasteiger partial charge in [-0.25, -0.2) is 0 Å². The third kappa shape index (κ3) is 4.31. The molecule has 3 heterocycles. The third-order valence-electron chi connectivity index (χ3n) is 4.62. The Morgan fingerprint density at radius 1 is 1.26 bits per heavy atom. The molecule has 0 aliphatic carbocycles. The summed E-state index contributed by atoms with van der Waals surface area (Å²) in [4.78, 5) is 17.3. The molecule has 0 N–H and O–H groups in total. The van der Waals surface area contributed by atoms with Gasteiger partial charge >= 0.3 is 0 Å². The number of rotatable bonds is 5. The molecule has 1 amide bonds. The SMILES string of the molecule is CSCc1ccc(C(=O)N2CCCC[C@@H]2CN2CCOCC2)o1. The summed E-state index contributed by atoms with van der Waals surface area (Å²) in [7, 11) is 0. The van der Waals surface area contributed by atoms with Gasteiger partial charge in [-0.2, -0.15) is 11.8 Å². The van der Waals surface area contributed by atoms with Crippen molar-refractivity contribution in [2.24, 2.45) is 0 Å². The molecular formula is C17H26N2O3S. The molecule has 5 nitrogen and oxygen atoms in total. The zero-order valence-electron chi connectivity index (χ0n) is 13.8. The lowest BCUT2D eigenvalue weighted by atomic mass is 10.0. The van der Waals surface area contributed by atoms with E-state index >= 15 is 0 Å². The Balaban J connectivity index is 1.65. The van der Waals surface area contributed by atoms with Gasteiger partial charge in [0, 0.05) is 32.2 Å². The van der Waals surface area contributed by atoms with Gasteiger partial charge in [0.05, 0.1) is 19.0 Å². The van der Waals surface area contributed by atoms with Crippen molar-refractivity contribution in [2.45, 2.75) is 31.1 Å². The van der Waals surface area contributed by atoms with Gasteiger partial charge in [0.15, 0.2) is 5.76 Å². The van der Waals surface area contributed by atoms with E-state index in [9.17, 15) is 4.79 Å². The number of carbonyl (C=O) groups excluding carboxylic acids is 1. The molecule has 1 aromatic rings. The van der Waals surface area contributed by atoms with Gasteiger partial charge in [0.25, 0.3) is 5.91 Å². The fourth-order valence-corrected chi connectivity index (χ4v) is 3.83. The molecule has 1 aromatic heterocycles. The normalized spacial score (nSPS) is 23.2. The second-order valence-corrected chi connectivity index (χ2v) is 7.13. The minimum absolute atomic E-state index is 0.0512. The largest absolute Gasteiger partial charge is 0.455 e. The second kappa shape index (κ2) is 8.22. The highest BCUT2D eigenvalue weighted by atomic mass is 32.2. The Bertz CT molecular complexity index is 514. The fourth-order valence-electron chi connectivity index (χ4n) is 3.39. The van der Waals surface area contributed by atoms with Gasteiger partial charge in [-0.05, 0) is 37.7 Å². The zero-order valence-corrected chi connectivity index (χ0v) is 14.6. The lowest BCUT2D eigenvalue weighted by Crippen LogP contribution is -2.51. The predicted molar refractivity (Wildman–Crippen MR) is 91.9 cm³/mol. The number of nitrogens with zero attached hydrogens (tertiary/aromatic N) is 2. The van der Waals surface area contributed by atoms with Crippen LogP contribution in [0.4, 0.5) is 0 Å². The van der Waals surface area contributed by atoms with Crippen LogP contribution < -0.4 is 0 Å². The van der Waals surface area contributed by atoms with E-state index in [1.807, 2.05) is 23.3 Å². The van der Waals surface area contributed by atoms with E-state index in [0.29, 0.717) is 11.8 Å². The molecule has 6 heteroatoms. The Hall–Kier alpha value is -0.980. The number of amides is 1. The number of carbonyl (C=O) groups is 1. The van der Waals surface area contributed by atoms with Gasteiger partial charge in [-0.1, -0.05) is 0 Å². The minimum atomic E-state index is 0.0512. The van der Waals surface area contributed by atoms with E-state index in [1.54, 1.807) is 11.8 Å². The lowest BCUT2D eigenvalue weighted by molar-refractivity contribution is 0.0158. The van der Waals surface area contributed by atoms with Crippen molar-refractivity contribution in [3.05, 3.63) is 23.7 Å². The van der Waals surface area contributed by atoms with Crippen molar-refractivity contribution in [2.75, 3.05) is 45.6 Å². The Morgan fingerprint density at radius 2 is 2.09 bits per heavy atom. The molecule has 2 saturated heterocycles. The van der Waals surface area contributed by atoms with Crippen molar-refractivity contribution in [3.8, 4) is 0 Å². The Labute approximate surface area is 142 Å². The molecule has 0 aromatic carbocycles. The fraction of sp³-hybridized carbons (Fsp3) is 0.706. The molecule has 0 unspecified atom stereocenters. The van der Waals surface area contributed by atoms with Crippen LogP contribution in [0.2, 0.25) is 0 Å². The molecule has 128 valence electrons. The standard InChI is InChI=1S/C17H26N2O3S/c1-23-13-15-5-6-16(22-15)17(20)19-7-3-2-4-14(19)12-18-8-10-21-11-9-18/h5-6,14H,2-4,7-13H2,1H3/t14-/m1/s1. The minimum Gasteiger partial charge on any atom is -0.455 e. The number of likely N-dealkylation sites (tertiary alicyclic amines) is 1. The Morgan fingerprint density at radius 3 is 2.87 bits per heavy atom. The first-order valence-corrected chi connectivity index (χ1v) is 9.86. The molecule has 2 fully saturated rings. The first-order chi connectivity index (χ1) is 11.3. The number of furan rings is 1. The summed E-state index contributed by atoms with van der Waals surface area (Å²) < 4.78 is 11.2. The van der Waals surface area contributed by atoms with Crippen LogP contribution in [0.1, 0.15) is 35.6 Å². The van der Waals surface area contributed by atoms with E-state index in [0.717, 1.165) is 63.7 Å². The topological polar surface area (TPSA) is 45.9 Å². The van der Waals surface area contributed by atoms with Crippen LogP contribution in [0, 0.1) is 0 Å². The number of thioether (sulfide) groups is 1. The summed E-state index contributed by atoms with van der Waals surface area (Å²) >= 11 is 1.70. The average molecular weight is 338 g/mol. The summed E-state index contributed by atoms with van der Waals surface area (Å²) in [6.07, 6.45) is 5.41. The monoisotopic (exact) mass is 338 g/mol. The van der Waals surface area contributed by atoms with Crippen LogP contribution >= 0.6 is 11.8 Å². The van der Waals surface area contributed by atoms with Crippen molar-refractivity contribution in [1.82, 2.24) is 9.80 Å². The van der Waals surface area contributed by atoms with Crippen LogP contribution in [-0.2, 0) is 10.5 Å². The smallest absolute Gasteiger partial charge is 0.289 e. The lowest BCUT2D eigenvalue weighted by Gasteiger charge is -2.39. The summed E-state index contributed by atoms with van der Waals surface area (Å²) in [5, 5.41) is 0. The van der Waals surface area contributed by atoms with Crippen LogP contribution in [0.3, 0.4) is 0 Å². The van der Waals surface area contributed by atoms with Crippen molar-refractivity contribution >= 4 is 17.7 Å². The highest BCUT2D eigenvalue weighted by Crippen LogP contribution is 2.22. The molecule has 1 atom stereocenters. The van der Waals surface area contributed by atoms with Gasteiger partial charge < -0.3 is 14.1 Å². The molecule has 2 aliphatic rings. The predicted octanol–water partition coefficient (Wildman–Crippen LogP) is 2.47. The molecular weight excluding hydrogens is 312 g/mol. The van der Waals surface area contributed by atoms with Gasteiger partial charge in [0.2, 0.25) is 0 Å². The van der Waals surface area contributed by atoms with Gasteiger partial charge in [0.1, 0.15) is 5.76 Å². The molecule has 3 rings (SSSR count). The maximum Gasteiger partial charge on any atom is 0.289 e. The highest BCUT2D eigenvalue weighted by Gasteiger charge is 2.30. The van der Waals surface area contributed by atoms with Gasteiger partial charge in [-0.3, -0.25) is 9.69 Å². The first kappa shape index (κ1) is 16.9. The third-order valence-corrected chi connectivity index (χ3v) is 5.19. The molecule has 2 aliphatic heterocycles. The maximum atomic E-state index is 12.9. The van der Waals surface area contributed by atoms with Crippen molar-refractivity contribution in [3.63, 3.8) is 0 Å². The summed E-state index contributed by atoms with van der Waals surface area (Å²) in [5.74, 6) is 2.23. The van der Waals surface area contributed by atoms with Crippen LogP contribution in [0.25, 0.3) is 0 Å². The molecule has 0 saturated carbocycles. The first-order valence-electron chi connectivity index (χ1n) is 8.46. The quantitative estimate of drug-likeness (QED) is 0.825. The zero-order chi connectivity index (χ0) is 16.1. The van der Waals surface area contributed by atoms with E-state index in [2.05, 4.69) is 4.90 Å². The van der Waals surface area contributed by atoms with Crippen LogP contribution in [-0.4, -0.2) is 67.4 Å². The number of ether oxygens (including phenoxy) is 1. The molecule has 0 radical (unpaired) electrons. The van der Waals surface area contributed by atoms with E-state index in [1.165, 1.54) is 6.42 Å². The highest BCUT2D eigenvalue weighted by molar-refractivity contribution is 7.97. The summed E-state index contributed by atoms with van der Waals surface area (Å²) in [6.45, 7) is 5.34. The Kier molecular flexibility index (Phi) is 6.02. The van der Waals surface area contributed by atoms with Crippen LogP contribution in [0.5, 0.6) is 0 Å². The van der Waals surface area contributed by atoms with Gasteiger partial charge in [-0.15, -0.1) is 0 Å². The summed E-state index contributed by atoms with van der Waals surface area (Å²) in [6, 6.07) is 4.04. The molecule has 0 bridgehead atoms. The number of piperidine rings is 1. The van der Waals surface area contributed by atoms with E-state index < -0.39 is 0 Å². The van der Waals surface area contributed by atoms with Crippen molar-refractivity contribution < 1.29 is 13.9 Å². The average Bonchev–Trinajstić information content (AvgIpc) is 3.05. The molecule has 23 heavy (non-hydrogen) atoms. The van der Waals surface area contributed by atoms with E-state index in [4.69, 9.17) is 9.15 Å². The number of hydrogen-bond acceptors (Lipinski definition) is 5. The van der Waals surface area contributed by atoms with Crippen LogP contribution in [0.15, 0.2) is 16.5 Å². The second-order valence-electron chi connectivity index (χ2n) is 6.26. The maximum absolute atomic E-state index is 12.9. The number of morpholine rings is 1. The summed E-state index contributed by atoms with van der Waals surface area (Å²) in [5.41, 5.74) is 0. The van der Waals surface area contributed by atoms with E-state index in [-0.39, 0.29) is 5.91 Å².